The van der Waals surface area contributed by atoms with E-state index in [1.165, 1.54) is 0 Å². The highest BCUT2D eigenvalue weighted by molar-refractivity contribution is 6.35. The predicted molar refractivity (Wildman–Crippen MR) is 101 cm³/mol. The van der Waals surface area contributed by atoms with Gasteiger partial charge < -0.3 is 15.0 Å². The van der Waals surface area contributed by atoms with Crippen LogP contribution in [-0.4, -0.2) is 48.1 Å². The first-order valence-electron chi connectivity index (χ1n) is 7.32. The zero-order valence-corrected chi connectivity index (χ0v) is 15.6. The van der Waals surface area contributed by atoms with Crippen LogP contribution in [0.3, 0.4) is 0 Å². The Morgan fingerprint density at radius 1 is 1.42 bits per heavy atom. The van der Waals surface area contributed by atoms with Gasteiger partial charge in [-0.2, -0.15) is 0 Å². The first-order chi connectivity index (χ1) is 10.6. The molecular weight excluding hydrogens is 373 g/mol. The molecule has 3 rings (SSSR count). The average molecular weight is 393 g/mol. The Labute approximate surface area is 158 Å². The summed E-state index contributed by atoms with van der Waals surface area (Å²) in [6.07, 6.45) is 1.69. The number of rotatable bonds is 3. The first kappa shape index (κ1) is 20.8. The Balaban J connectivity index is 0.00000144. The third-order valence-corrected chi connectivity index (χ3v) is 4.08. The molecule has 1 N–H and O–H groups in total. The average Bonchev–Trinajstić information content (AvgIpc) is 2.54. The van der Waals surface area contributed by atoms with Gasteiger partial charge in [0.05, 0.1) is 5.02 Å². The summed E-state index contributed by atoms with van der Waals surface area (Å²) < 4.78 is 5.69. The second-order valence-electron chi connectivity index (χ2n) is 5.43. The largest absolute Gasteiger partial charge is 0.481 e. The van der Waals surface area contributed by atoms with Crippen molar-refractivity contribution in [1.82, 2.24) is 15.2 Å². The van der Waals surface area contributed by atoms with Crippen molar-refractivity contribution >= 4 is 53.2 Å². The van der Waals surface area contributed by atoms with E-state index in [1.54, 1.807) is 18.3 Å². The highest BCUT2D eigenvalue weighted by Gasteiger charge is 2.21. The van der Waals surface area contributed by atoms with Crippen molar-refractivity contribution in [3.63, 3.8) is 0 Å². The smallest absolute Gasteiger partial charge is 0.260 e. The van der Waals surface area contributed by atoms with E-state index in [1.807, 2.05) is 17.0 Å². The number of carbonyl (C=O) groups excluding carboxylic acids is 1. The van der Waals surface area contributed by atoms with Gasteiger partial charge in [-0.05, 0) is 31.2 Å². The van der Waals surface area contributed by atoms with Crippen LogP contribution in [0.1, 0.15) is 6.92 Å². The molecule has 8 heteroatoms. The van der Waals surface area contributed by atoms with E-state index < -0.39 is 0 Å². The van der Waals surface area contributed by atoms with E-state index in [4.69, 9.17) is 16.3 Å². The molecule has 1 amide bonds. The van der Waals surface area contributed by atoms with Gasteiger partial charge in [0.25, 0.3) is 5.91 Å². The van der Waals surface area contributed by atoms with E-state index in [9.17, 15) is 4.79 Å². The predicted octanol–water partition coefficient (Wildman–Crippen LogP) is 2.93. The van der Waals surface area contributed by atoms with Crippen molar-refractivity contribution in [2.24, 2.45) is 0 Å². The van der Waals surface area contributed by atoms with Gasteiger partial charge in [0.1, 0.15) is 11.3 Å². The fraction of sp³-hybridized carbons (Fsp3) is 0.375. The molecule has 0 spiro atoms. The standard InChI is InChI=1S/C16H18ClN3O2.2ClH/c1-11-9-20(8-7-18-11)15(21)10-22-14-5-4-13(17)12-3-2-6-19-16(12)14;;/h2-6,11,18H,7-10H2,1H3;2*1H. The third-order valence-electron chi connectivity index (χ3n) is 3.75. The van der Waals surface area contributed by atoms with Gasteiger partial charge in [-0.1, -0.05) is 11.6 Å². The summed E-state index contributed by atoms with van der Waals surface area (Å²) in [5.74, 6) is 0.573. The third kappa shape index (κ3) is 4.63. The van der Waals surface area contributed by atoms with Crippen molar-refractivity contribution in [2.75, 3.05) is 26.2 Å². The Kier molecular flexibility index (Phi) is 8.03. The summed E-state index contributed by atoms with van der Waals surface area (Å²) in [7, 11) is 0. The van der Waals surface area contributed by atoms with Crippen molar-refractivity contribution in [3.05, 3.63) is 35.5 Å². The Bertz CT molecular complexity index is 699. The molecule has 1 aliphatic heterocycles. The molecule has 2 aromatic rings. The molecule has 1 unspecified atom stereocenters. The van der Waals surface area contributed by atoms with Gasteiger partial charge in [0, 0.05) is 37.3 Å². The molecule has 24 heavy (non-hydrogen) atoms. The molecule has 5 nitrogen and oxygen atoms in total. The fourth-order valence-corrected chi connectivity index (χ4v) is 2.83. The van der Waals surface area contributed by atoms with Gasteiger partial charge in [-0.3, -0.25) is 9.78 Å². The molecule has 0 aliphatic carbocycles. The summed E-state index contributed by atoms with van der Waals surface area (Å²) in [5.41, 5.74) is 0.677. The maximum Gasteiger partial charge on any atom is 0.260 e. The summed E-state index contributed by atoms with van der Waals surface area (Å²) in [6, 6.07) is 7.54. The molecule has 1 saturated heterocycles. The van der Waals surface area contributed by atoms with Gasteiger partial charge in [0.2, 0.25) is 0 Å². The lowest BCUT2D eigenvalue weighted by atomic mass is 10.2. The van der Waals surface area contributed by atoms with Crippen LogP contribution < -0.4 is 10.1 Å². The Morgan fingerprint density at radius 2 is 2.21 bits per heavy atom. The summed E-state index contributed by atoms with van der Waals surface area (Å²) >= 11 is 6.15. The highest BCUT2D eigenvalue weighted by Crippen LogP contribution is 2.29. The number of nitrogens with one attached hydrogen (secondary N) is 1. The van der Waals surface area contributed by atoms with Crippen molar-refractivity contribution in [2.45, 2.75) is 13.0 Å². The van der Waals surface area contributed by atoms with Gasteiger partial charge in [-0.25, -0.2) is 0 Å². The molecule has 132 valence electrons. The van der Waals surface area contributed by atoms with Crippen LogP contribution in [-0.2, 0) is 4.79 Å². The fourth-order valence-electron chi connectivity index (χ4n) is 2.62. The number of fused-ring (bicyclic) bond motifs is 1. The number of carbonyl (C=O) groups is 1. The number of ether oxygens (including phenoxy) is 1. The van der Waals surface area contributed by atoms with Crippen molar-refractivity contribution in [3.8, 4) is 5.75 Å². The lowest BCUT2D eigenvalue weighted by molar-refractivity contribution is -0.134. The minimum absolute atomic E-state index is 0. The molecule has 0 radical (unpaired) electrons. The summed E-state index contributed by atoms with van der Waals surface area (Å²) in [6.45, 7) is 4.32. The molecule has 0 saturated carbocycles. The van der Waals surface area contributed by atoms with Crippen molar-refractivity contribution in [1.29, 1.82) is 0 Å². The second-order valence-corrected chi connectivity index (χ2v) is 5.84. The van der Waals surface area contributed by atoms with Gasteiger partial charge in [-0.15, -0.1) is 24.8 Å². The summed E-state index contributed by atoms with van der Waals surface area (Å²) in [5, 5.41) is 4.76. The van der Waals surface area contributed by atoms with Crippen LogP contribution in [0.25, 0.3) is 10.9 Å². The lowest BCUT2D eigenvalue weighted by Crippen LogP contribution is -2.52. The number of pyridine rings is 1. The Hall–Kier alpha value is -1.27. The minimum atomic E-state index is -0.00705. The monoisotopic (exact) mass is 391 g/mol. The molecule has 1 aliphatic rings. The van der Waals surface area contributed by atoms with Gasteiger partial charge in [0.15, 0.2) is 6.61 Å². The summed E-state index contributed by atoms with van der Waals surface area (Å²) in [4.78, 5) is 18.4. The maximum absolute atomic E-state index is 12.2. The molecule has 1 atom stereocenters. The van der Waals surface area contributed by atoms with Gasteiger partial charge >= 0.3 is 0 Å². The van der Waals surface area contributed by atoms with Crippen LogP contribution in [0.2, 0.25) is 5.02 Å². The number of amides is 1. The zero-order valence-electron chi connectivity index (χ0n) is 13.2. The molecule has 0 bridgehead atoms. The number of halogens is 3. The lowest BCUT2D eigenvalue weighted by Gasteiger charge is -2.31. The zero-order chi connectivity index (χ0) is 15.5. The van der Waals surface area contributed by atoms with Crippen LogP contribution >= 0.6 is 36.4 Å². The maximum atomic E-state index is 12.2. The Morgan fingerprint density at radius 3 is 2.96 bits per heavy atom. The highest BCUT2D eigenvalue weighted by atomic mass is 35.5. The minimum Gasteiger partial charge on any atom is -0.481 e. The first-order valence-corrected chi connectivity index (χ1v) is 7.70. The molecule has 1 aromatic carbocycles. The number of piperazine rings is 1. The normalized spacial score (nSPS) is 16.9. The quantitative estimate of drug-likeness (QED) is 0.872. The van der Waals surface area contributed by atoms with E-state index >= 15 is 0 Å². The van der Waals surface area contributed by atoms with E-state index in [0.717, 1.165) is 11.9 Å². The van der Waals surface area contributed by atoms with Crippen LogP contribution in [0.5, 0.6) is 5.75 Å². The van der Waals surface area contributed by atoms with E-state index in [-0.39, 0.29) is 37.3 Å². The van der Waals surface area contributed by atoms with Crippen LogP contribution in [0.15, 0.2) is 30.5 Å². The molecule has 2 heterocycles. The molecular formula is C16H20Cl3N3O2. The van der Waals surface area contributed by atoms with Crippen molar-refractivity contribution < 1.29 is 9.53 Å². The number of hydrogen-bond donors (Lipinski definition) is 1. The van der Waals surface area contributed by atoms with Crippen LogP contribution in [0, 0.1) is 0 Å². The number of benzene rings is 1. The van der Waals surface area contributed by atoms with E-state index in [2.05, 4.69) is 17.2 Å². The molecule has 1 fully saturated rings. The number of aromatic nitrogens is 1. The van der Waals surface area contributed by atoms with Crippen LogP contribution in [0.4, 0.5) is 0 Å². The van der Waals surface area contributed by atoms with E-state index in [0.29, 0.717) is 35.4 Å². The number of nitrogens with zero attached hydrogens (tertiary/aromatic N) is 2. The SMILES string of the molecule is CC1CN(C(=O)COc2ccc(Cl)c3cccnc23)CCN1.Cl.Cl. The topological polar surface area (TPSA) is 54.5 Å². The number of hydrogen-bond acceptors (Lipinski definition) is 4. The second kappa shape index (κ2) is 9.28. The molecule has 1 aromatic heterocycles.